The molecular formula is C18H16N4O3. The second-order valence-corrected chi connectivity index (χ2v) is 6.07. The number of fused-ring (bicyclic) bond motifs is 1. The van der Waals surface area contributed by atoms with E-state index < -0.39 is 0 Å². The first-order valence-electron chi connectivity index (χ1n) is 7.95. The summed E-state index contributed by atoms with van der Waals surface area (Å²) in [5, 5.41) is 4.00. The minimum atomic E-state index is -0.0742. The van der Waals surface area contributed by atoms with Crippen LogP contribution >= 0.6 is 0 Å². The third kappa shape index (κ3) is 2.53. The smallest absolute Gasteiger partial charge is 0.293 e. The van der Waals surface area contributed by atoms with Crippen molar-refractivity contribution in [2.45, 2.75) is 26.8 Å². The van der Waals surface area contributed by atoms with Crippen molar-refractivity contribution in [3.8, 4) is 23.0 Å². The van der Waals surface area contributed by atoms with E-state index in [-0.39, 0.29) is 11.6 Å². The molecule has 4 rings (SSSR count). The van der Waals surface area contributed by atoms with E-state index in [9.17, 15) is 4.79 Å². The molecule has 0 aliphatic carbocycles. The van der Waals surface area contributed by atoms with Crippen molar-refractivity contribution < 1.29 is 8.94 Å². The van der Waals surface area contributed by atoms with Crippen LogP contribution in [0, 0.1) is 6.92 Å². The van der Waals surface area contributed by atoms with Crippen molar-refractivity contribution >= 4 is 11.0 Å². The van der Waals surface area contributed by atoms with Gasteiger partial charge in [-0.3, -0.25) is 4.79 Å². The molecule has 0 aliphatic heterocycles. The quantitative estimate of drug-likeness (QED) is 0.568. The largest absolute Gasteiger partial charge is 0.459 e. The van der Waals surface area contributed by atoms with Crippen LogP contribution in [0.5, 0.6) is 0 Å². The van der Waals surface area contributed by atoms with E-state index in [1.165, 1.54) is 0 Å². The van der Waals surface area contributed by atoms with Gasteiger partial charge in [-0.2, -0.15) is 4.98 Å². The molecule has 0 saturated carbocycles. The summed E-state index contributed by atoms with van der Waals surface area (Å²) in [5.74, 6) is 1.27. The summed E-state index contributed by atoms with van der Waals surface area (Å²) < 4.78 is 12.3. The Bertz CT molecular complexity index is 1110. The molecule has 3 aromatic heterocycles. The predicted octanol–water partition coefficient (Wildman–Crippen LogP) is 3.60. The van der Waals surface area contributed by atoms with Gasteiger partial charge in [-0.05, 0) is 51.1 Å². The number of hydrogen-bond donors (Lipinski definition) is 0. The molecule has 0 saturated heterocycles. The third-order valence-corrected chi connectivity index (χ3v) is 3.98. The number of hydrogen-bond acceptors (Lipinski definition) is 6. The fourth-order valence-electron chi connectivity index (χ4n) is 2.82. The molecule has 0 atom stereocenters. The van der Waals surface area contributed by atoms with Gasteiger partial charge in [0.1, 0.15) is 5.69 Å². The lowest BCUT2D eigenvalue weighted by molar-refractivity contribution is 0.417. The van der Waals surface area contributed by atoms with Gasteiger partial charge in [0.05, 0.1) is 17.3 Å². The Labute approximate surface area is 142 Å². The van der Waals surface area contributed by atoms with Crippen LogP contribution in [0.25, 0.3) is 34.1 Å². The number of aromatic nitrogens is 4. The van der Waals surface area contributed by atoms with Crippen molar-refractivity contribution in [1.29, 1.82) is 0 Å². The van der Waals surface area contributed by atoms with E-state index in [4.69, 9.17) is 8.94 Å². The summed E-state index contributed by atoms with van der Waals surface area (Å²) in [7, 11) is 0. The fourth-order valence-corrected chi connectivity index (χ4v) is 2.82. The van der Waals surface area contributed by atoms with Crippen molar-refractivity contribution in [3.63, 3.8) is 0 Å². The molecule has 0 aliphatic rings. The summed E-state index contributed by atoms with van der Waals surface area (Å²) in [6, 6.07) is 9.13. The monoisotopic (exact) mass is 336 g/mol. The molecule has 0 unspecified atom stereocenters. The highest BCUT2D eigenvalue weighted by Crippen LogP contribution is 2.25. The highest BCUT2D eigenvalue weighted by Gasteiger charge is 2.15. The predicted molar refractivity (Wildman–Crippen MR) is 92.1 cm³/mol. The Morgan fingerprint density at radius 3 is 2.72 bits per heavy atom. The normalized spacial score (nSPS) is 11.5. The van der Waals surface area contributed by atoms with Crippen molar-refractivity contribution in [2.24, 2.45) is 0 Å². The van der Waals surface area contributed by atoms with Crippen LogP contribution in [0.2, 0.25) is 0 Å². The van der Waals surface area contributed by atoms with Crippen LogP contribution in [0.1, 0.15) is 25.6 Å². The molecule has 3 heterocycles. The summed E-state index contributed by atoms with van der Waals surface area (Å²) in [6.45, 7) is 5.67. The van der Waals surface area contributed by atoms with Crippen LogP contribution in [-0.4, -0.2) is 19.7 Å². The molecule has 4 aromatic rings. The van der Waals surface area contributed by atoms with E-state index in [2.05, 4.69) is 15.1 Å². The van der Waals surface area contributed by atoms with E-state index in [1.807, 2.05) is 32.0 Å². The van der Waals surface area contributed by atoms with Gasteiger partial charge in [0.2, 0.25) is 5.82 Å². The van der Waals surface area contributed by atoms with Crippen LogP contribution in [-0.2, 0) is 0 Å². The van der Waals surface area contributed by atoms with Gasteiger partial charge >= 0.3 is 0 Å². The minimum absolute atomic E-state index is 0.0401. The first-order chi connectivity index (χ1) is 12.0. The average Bonchev–Trinajstić information content (AvgIpc) is 3.26. The molecule has 1 aromatic carbocycles. The van der Waals surface area contributed by atoms with Crippen molar-refractivity contribution in [2.75, 3.05) is 0 Å². The molecule has 0 radical (unpaired) electrons. The first-order valence-corrected chi connectivity index (χ1v) is 7.95. The molecule has 7 heteroatoms. The molecule has 126 valence electrons. The summed E-state index contributed by atoms with van der Waals surface area (Å²) in [5.41, 5.74) is 2.64. The number of rotatable bonds is 3. The van der Waals surface area contributed by atoms with Gasteiger partial charge in [0, 0.05) is 11.6 Å². The molecule has 0 fully saturated rings. The lowest BCUT2D eigenvalue weighted by Gasteiger charge is -2.14. The van der Waals surface area contributed by atoms with E-state index in [0.29, 0.717) is 28.7 Å². The van der Waals surface area contributed by atoms with E-state index in [1.54, 1.807) is 29.9 Å². The molecule has 25 heavy (non-hydrogen) atoms. The molecule has 7 nitrogen and oxygen atoms in total. The number of furan rings is 1. The maximum atomic E-state index is 12.4. The van der Waals surface area contributed by atoms with Crippen molar-refractivity contribution in [3.05, 3.63) is 52.6 Å². The second-order valence-electron chi connectivity index (χ2n) is 6.07. The molecule has 0 N–H and O–H groups in total. The molecule has 0 amide bonds. The minimum Gasteiger partial charge on any atom is -0.459 e. The van der Waals surface area contributed by atoms with Gasteiger partial charge in [0.15, 0.2) is 5.76 Å². The topological polar surface area (TPSA) is 86.9 Å². The number of benzene rings is 1. The van der Waals surface area contributed by atoms with Crippen LogP contribution < -0.4 is 5.56 Å². The van der Waals surface area contributed by atoms with E-state index in [0.717, 1.165) is 11.1 Å². The Morgan fingerprint density at radius 1 is 1.16 bits per heavy atom. The standard InChI is InChI=1S/C18H16N4O3/c1-10(2)22-14-7-6-12(9-13(14)19-11(3)18(22)23)16-20-17(25-21-16)15-5-4-8-24-15/h4-10H,1-3H3. The Kier molecular flexibility index (Phi) is 3.49. The Hall–Kier alpha value is -3.22. The van der Waals surface area contributed by atoms with Gasteiger partial charge in [-0.15, -0.1) is 0 Å². The fraction of sp³-hybridized carbons (Fsp3) is 0.222. The third-order valence-electron chi connectivity index (χ3n) is 3.98. The van der Waals surface area contributed by atoms with Crippen LogP contribution in [0.4, 0.5) is 0 Å². The van der Waals surface area contributed by atoms with Gasteiger partial charge < -0.3 is 13.5 Å². The molecular weight excluding hydrogens is 320 g/mol. The Balaban J connectivity index is 1.85. The molecule has 0 bridgehead atoms. The van der Waals surface area contributed by atoms with Gasteiger partial charge in [0.25, 0.3) is 11.4 Å². The van der Waals surface area contributed by atoms with Crippen LogP contribution in [0.3, 0.4) is 0 Å². The van der Waals surface area contributed by atoms with E-state index >= 15 is 0 Å². The summed E-state index contributed by atoms with van der Waals surface area (Å²) in [6.07, 6.45) is 1.55. The van der Waals surface area contributed by atoms with Crippen molar-refractivity contribution in [1.82, 2.24) is 19.7 Å². The average molecular weight is 336 g/mol. The lowest BCUT2D eigenvalue weighted by atomic mass is 10.1. The number of aryl methyl sites for hydroxylation is 1. The highest BCUT2D eigenvalue weighted by atomic mass is 16.5. The zero-order valence-electron chi connectivity index (χ0n) is 14.1. The number of nitrogens with zero attached hydrogens (tertiary/aromatic N) is 4. The maximum Gasteiger partial charge on any atom is 0.293 e. The van der Waals surface area contributed by atoms with Gasteiger partial charge in [-0.1, -0.05) is 5.16 Å². The second kappa shape index (κ2) is 5.70. The zero-order chi connectivity index (χ0) is 17.6. The first kappa shape index (κ1) is 15.3. The Morgan fingerprint density at radius 2 is 2.00 bits per heavy atom. The molecule has 0 spiro atoms. The zero-order valence-corrected chi connectivity index (χ0v) is 14.1. The van der Waals surface area contributed by atoms with Gasteiger partial charge in [-0.25, -0.2) is 4.98 Å². The summed E-state index contributed by atoms with van der Waals surface area (Å²) >= 11 is 0. The summed E-state index contributed by atoms with van der Waals surface area (Å²) in [4.78, 5) is 21.1. The lowest BCUT2D eigenvalue weighted by Crippen LogP contribution is -2.25. The maximum absolute atomic E-state index is 12.4. The van der Waals surface area contributed by atoms with Crippen LogP contribution in [0.15, 0.2) is 50.3 Å². The SMILES string of the molecule is Cc1nc2cc(-c3noc(-c4ccco4)n3)ccc2n(C(C)C)c1=O. The highest BCUT2D eigenvalue weighted by molar-refractivity contribution is 5.80.